The van der Waals surface area contributed by atoms with Crippen molar-refractivity contribution in [3.8, 4) is 0 Å². The molecule has 5 heteroatoms. The maximum atomic E-state index is 10.0. The molecule has 3 nitrogen and oxygen atoms in total. The average Bonchev–Trinajstić information content (AvgIpc) is 2.65. The number of benzene rings is 1. The van der Waals surface area contributed by atoms with Crippen LogP contribution in [0, 0.1) is 5.41 Å². The number of likely N-dealkylation sites (tertiary alicyclic amines) is 1. The minimum Gasteiger partial charge on any atom is -0.387 e. The zero-order valence-electron chi connectivity index (χ0n) is 9.40. The molecule has 0 aromatic heterocycles. The molecule has 1 unspecified atom stereocenters. The summed E-state index contributed by atoms with van der Waals surface area (Å²) in [5, 5.41) is 18.4. The van der Waals surface area contributed by atoms with Crippen molar-refractivity contribution in [3.05, 3.63) is 34.9 Å². The summed E-state index contributed by atoms with van der Waals surface area (Å²) in [5.41, 5.74) is 0.851. The molecule has 0 amide bonds. The van der Waals surface area contributed by atoms with Crippen molar-refractivity contribution in [1.82, 2.24) is 4.90 Å². The summed E-state index contributed by atoms with van der Waals surface area (Å²) >= 11 is 5.78. The standard InChI is InChI=1S/C12H15ClN2O.ClH/c13-10-5-3-9(4-6-10)11(16)8-15-7-1-2-12(15)14;/h3-6,11,14,16H,1-2,7-8H2;1H. The first kappa shape index (κ1) is 14.3. The summed E-state index contributed by atoms with van der Waals surface area (Å²) in [6.07, 6.45) is 1.30. The third kappa shape index (κ3) is 3.60. The van der Waals surface area contributed by atoms with Gasteiger partial charge in [0.25, 0.3) is 0 Å². The van der Waals surface area contributed by atoms with Crippen LogP contribution in [0.1, 0.15) is 24.5 Å². The number of amidine groups is 1. The second-order valence-electron chi connectivity index (χ2n) is 4.06. The van der Waals surface area contributed by atoms with E-state index < -0.39 is 6.10 Å². The highest BCUT2D eigenvalue weighted by Gasteiger charge is 2.20. The van der Waals surface area contributed by atoms with Crippen molar-refractivity contribution < 1.29 is 5.11 Å². The van der Waals surface area contributed by atoms with Crippen molar-refractivity contribution in [3.63, 3.8) is 0 Å². The van der Waals surface area contributed by atoms with Gasteiger partial charge in [0.1, 0.15) is 0 Å². The number of nitrogens with one attached hydrogen (secondary N) is 1. The van der Waals surface area contributed by atoms with Crippen molar-refractivity contribution in [2.45, 2.75) is 18.9 Å². The summed E-state index contributed by atoms with van der Waals surface area (Å²) in [6, 6.07) is 7.20. The number of β-amino-alcohol motifs (C(OH)–C–C–N with tert-alkyl or cyclic N) is 1. The second kappa shape index (κ2) is 6.24. The minimum atomic E-state index is -0.546. The topological polar surface area (TPSA) is 47.3 Å². The fourth-order valence-electron chi connectivity index (χ4n) is 1.93. The second-order valence-corrected chi connectivity index (χ2v) is 4.50. The Kier molecular flexibility index (Phi) is 5.25. The maximum absolute atomic E-state index is 10.0. The number of aliphatic hydroxyl groups excluding tert-OH is 1. The van der Waals surface area contributed by atoms with Crippen LogP contribution >= 0.6 is 24.0 Å². The van der Waals surface area contributed by atoms with E-state index in [0.717, 1.165) is 24.9 Å². The maximum Gasteiger partial charge on any atom is 0.0965 e. The van der Waals surface area contributed by atoms with E-state index >= 15 is 0 Å². The number of rotatable bonds is 3. The fraction of sp³-hybridized carbons (Fsp3) is 0.417. The molecule has 0 aliphatic carbocycles. The minimum absolute atomic E-state index is 0. The number of hydrogen-bond donors (Lipinski definition) is 2. The summed E-state index contributed by atoms with van der Waals surface area (Å²) in [6.45, 7) is 1.38. The van der Waals surface area contributed by atoms with Gasteiger partial charge in [-0.05, 0) is 24.1 Å². The molecule has 1 saturated heterocycles. The molecule has 1 aliphatic rings. The predicted molar refractivity (Wildman–Crippen MR) is 72.2 cm³/mol. The van der Waals surface area contributed by atoms with Crippen molar-refractivity contribution >= 4 is 29.8 Å². The summed E-state index contributed by atoms with van der Waals surface area (Å²) in [5.74, 6) is 0.632. The van der Waals surface area contributed by atoms with Crippen LogP contribution in [0.15, 0.2) is 24.3 Å². The Hall–Kier alpha value is -0.770. The van der Waals surface area contributed by atoms with Gasteiger partial charge in [0, 0.05) is 24.5 Å². The van der Waals surface area contributed by atoms with Crippen LogP contribution in [0.2, 0.25) is 5.02 Å². The SMILES string of the molecule is Cl.N=C1CCCN1CC(O)c1ccc(Cl)cc1. The van der Waals surface area contributed by atoms with Crippen molar-refractivity contribution in [1.29, 1.82) is 5.41 Å². The van der Waals surface area contributed by atoms with Gasteiger partial charge in [0.2, 0.25) is 0 Å². The first-order valence-corrected chi connectivity index (χ1v) is 5.80. The highest BCUT2D eigenvalue weighted by Crippen LogP contribution is 2.20. The van der Waals surface area contributed by atoms with Crippen LogP contribution in [-0.4, -0.2) is 28.9 Å². The molecule has 1 fully saturated rings. The van der Waals surface area contributed by atoms with Gasteiger partial charge in [-0.25, -0.2) is 0 Å². The van der Waals surface area contributed by atoms with E-state index in [0.29, 0.717) is 17.4 Å². The third-order valence-corrected chi connectivity index (χ3v) is 3.12. The molecule has 2 rings (SSSR count). The molecule has 1 aliphatic heterocycles. The average molecular weight is 275 g/mol. The molecular weight excluding hydrogens is 259 g/mol. The molecule has 0 radical (unpaired) electrons. The number of hydrogen-bond acceptors (Lipinski definition) is 2. The van der Waals surface area contributed by atoms with Gasteiger partial charge in [-0.3, -0.25) is 5.41 Å². The van der Waals surface area contributed by atoms with E-state index in [9.17, 15) is 5.11 Å². The van der Waals surface area contributed by atoms with E-state index in [1.807, 2.05) is 17.0 Å². The van der Waals surface area contributed by atoms with Gasteiger partial charge >= 0.3 is 0 Å². The molecule has 0 saturated carbocycles. The van der Waals surface area contributed by atoms with Crippen LogP contribution in [0.4, 0.5) is 0 Å². The zero-order chi connectivity index (χ0) is 11.5. The highest BCUT2D eigenvalue weighted by molar-refractivity contribution is 6.30. The Labute approximate surface area is 112 Å². The fourth-order valence-corrected chi connectivity index (χ4v) is 2.06. The smallest absolute Gasteiger partial charge is 0.0965 e. The summed E-state index contributed by atoms with van der Waals surface area (Å²) in [4.78, 5) is 1.93. The Morgan fingerprint density at radius 1 is 1.35 bits per heavy atom. The normalized spacial score (nSPS) is 16.8. The summed E-state index contributed by atoms with van der Waals surface area (Å²) < 4.78 is 0. The van der Waals surface area contributed by atoms with Gasteiger partial charge < -0.3 is 10.0 Å². The monoisotopic (exact) mass is 274 g/mol. The molecule has 94 valence electrons. The molecule has 1 heterocycles. The van der Waals surface area contributed by atoms with Gasteiger partial charge in [0.05, 0.1) is 11.9 Å². The molecule has 1 atom stereocenters. The zero-order valence-corrected chi connectivity index (χ0v) is 11.0. The number of halogens is 2. The lowest BCUT2D eigenvalue weighted by molar-refractivity contribution is 0.147. The van der Waals surface area contributed by atoms with Gasteiger partial charge in [-0.15, -0.1) is 12.4 Å². The predicted octanol–water partition coefficient (Wildman–Crippen LogP) is 2.87. The van der Waals surface area contributed by atoms with Crippen LogP contribution < -0.4 is 0 Å². The quantitative estimate of drug-likeness (QED) is 0.891. The summed E-state index contributed by atoms with van der Waals surface area (Å²) in [7, 11) is 0. The Bertz CT molecular complexity index is 381. The van der Waals surface area contributed by atoms with E-state index in [4.69, 9.17) is 17.0 Å². The van der Waals surface area contributed by atoms with Crippen LogP contribution in [0.5, 0.6) is 0 Å². The molecule has 17 heavy (non-hydrogen) atoms. The van der Waals surface area contributed by atoms with Gasteiger partial charge in [0.15, 0.2) is 0 Å². The number of nitrogens with zero attached hydrogens (tertiary/aromatic N) is 1. The largest absolute Gasteiger partial charge is 0.387 e. The molecule has 0 bridgehead atoms. The highest BCUT2D eigenvalue weighted by atomic mass is 35.5. The first-order chi connectivity index (χ1) is 7.66. The van der Waals surface area contributed by atoms with E-state index in [1.165, 1.54) is 0 Å². The molecule has 1 aromatic carbocycles. The van der Waals surface area contributed by atoms with Gasteiger partial charge in [-0.2, -0.15) is 0 Å². The number of aliphatic hydroxyl groups is 1. The van der Waals surface area contributed by atoms with Crippen molar-refractivity contribution in [2.24, 2.45) is 0 Å². The molecular formula is C12H16Cl2N2O. The molecule has 2 N–H and O–H groups in total. The van der Waals surface area contributed by atoms with Crippen LogP contribution in [0.3, 0.4) is 0 Å². The van der Waals surface area contributed by atoms with E-state index in [2.05, 4.69) is 0 Å². The van der Waals surface area contributed by atoms with Crippen LogP contribution in [0.25, 0.3) is 0 Å². The lowest BCUT2D eigenvalue weighted by Crippen LogP contribution is -2.29. The molecule has 1 aromatic rings. The van der Waals surface area contributed by atoms with E-state index in [1.54, 1.807) is 12.1 Å². The van der Waals surface area contributed by atoms with Crippen molar-refractivity contribution in [2.75, 3.05) is 13.1 Å². The lowest BCUT2D eigenvalue weighted by Gasteiger charge is -2.21. The Morgan fingerprint density at radius 2 is 2.00 bits per heavy atom. The Balaban J connectivity index is 0.00000144. The lowest BCUT2D eigenvalue weighted by atomic mass is 10.1. The third-order valence-electron chi connectivity index (χ3n) is 2.87. The van der Waals surface area contributed by atoms with Gasteiger partial charge in [-0.1, -0.05) is 23.7 Å². The first-order valence-electron chi connectivity index (χ1n) is 5.43. The van der Waals surface area contributed by atoms with Crippen LogP contribution in [-0.2, 0) is 0 Å². The molecule has 0 spiro atoms. The van der Waals surface area contributed by atoms with E-state index in [-0.39, 0.29) is 12.4 Å². The Morgan fingerprint density at radius 3 is 2.53 bits per heavy atom.